The summed E-state index contributed by atoms with van der Waals surface area (Å²) in [5.41, 5.74) is 0. The molecule has 0 amide bonds. The number of unbranched alkanes of at least 4 members (excludes halogenated alkanes) is 1. The highest BCUT2D eigenvalue weighted by molar-refractivity contribution is 7.32. The van der Waals surface area contributed by atoms with Gasteiger partial charge in [0.25, 0.3) is 0 Å². The minimum atomic E-state index is -2.62. The highest BCUT2D eigenvalue weighted by Gasteiger charge is 2.11. The highest BCUT2D eigenvalue weighted by Crippen LogP contribution is 2.12. The first-order valence-electron chi connectivity index (χ1n) is 5.16. The standard InChI is InChI=1S/C5H9O6P.C4H10/c1-2-9-5(6)10-3-4-11-12(7)8;1-3-4-2/h2-4H2,1H3;3-4H2,1-2H3/p+1. The zero-order valence-corrected chi connectivity index (χ0v) is 10.9. The van der Waals surface area contributed by atoms with Crippen LogP contribution in [0.1, 0.15) is 33.6 Å². The maximum Gasteiger partial charge on any atom is 0.694 e. The molecule has 0 aromatic carbocycles. The molecule has 0 saturated carbocycles. The summed E-state index contributed by atoms with van der Waals surface area (Å²) in [7, 11) is -2.62. The van der Waals surface area contributed by atoms with E-state index in [-0.39, 0.29) is 19.8 Å². The lowest BCUT2D eigenvalue weighted by Crippen LogP contribution is -2.10. The zero-order valence-electron chi connectivity index (χ0n) is 9.97. The van der Waals surface area contributed by atoms with Crippen LogP contribution >= 0.6 is 8.25 Å². The Labute approximate surface area is 96.8 Å². The average Bonchev–Trinajstić information content (AvgIpc) is 2.25. The Morgan fingerprint density at radius 1 is 1.12 bits per heavy atom. The van der Waals surface area contributed by atoms with Crippen LogP contribution in [-0.4, -0.2) is 30.9 Å². The molecule has 0 aliphatic rings. The van der Waals surface area contributed by atoms with E-state index >= 15 is 0 Å². The van der Waals surface area contributed by atoms with Crippen molar-refractivity contribution in [3.63, 3.8) is 0 Å². The van der Waals surface area contributed by atoms with Crippen LogP contribution in [0, 0.1) is 0 Å². The molecule has 96 valence electrons. The molecule has 0 saturated heterocycles. The summed E-state index contributed by atoms with van der Waals surface area (Å²) in [4.78, 5) is 18.6. The van der Waals surface area contributed by atoms with Crippen molar-refractivity contribution in [2.24, 2.45) is 0 Å². The number of rotatable bonds is 6. The second kappa shape index (κ2) is 14.3. The van der Waals surface area contributed by atoms with E-state index in [1.165, 1.54) is 12.8 Å². The molecule has 16 heavy (non-hydrogen) atoms. The topological polar surface area (TPSA) is 82.1 Å². The van der Waals surface area contributed by atoms with Crippen LogP contribution in [0.5, 0.6) is 0 Å². The van der Waals surface area contributed by atoms with E-state index in [1.54, 1.807) is 6.92 Å². The summed E-state index contributed by atoms with van der Waals surface area (Å²) in [6.45, 7) is 6.02. The smallest absolute Gasteiger partial charge is 0.435 e. The Morgan fingerprint density at radius 2 is 1.69 bits per heavy atom. The molecular weight excluding hydrogens is 235 g/mol. The van der Waals surface area contributed by atoms with E-state index in [2.05, 4.69) is 27.8 Å². The molecule has 0 heterocycles. The fourth-order valence-corrected chi connectivity index (χ4v) is 0.631. The Kier molecular flexibility index (Phi) is 15.8. The van der Waals surface area contributed by atoms with Crippen LogP contribution in [0.4, 0.5) is 4.79 Å². The third-order valence-electron chi connectivity index (χ3n) is 1.27. The van der Waals surface area contributed by atoms with Gasteiger partial charge in [-0.15, -0.1) is 9.42 Å². The molecule has 0 aromatic heterocycles. The Bertz CT molecular complexity index is 183. The SMILES string of the molecule is CCCC.CCOC(=O)OCCO[P+](=O)O. The predicted molar refractivity (Wildman–Crippen MR) is 59.3 cm³/mol. The molecule has 0 rings (SSSR count). The number of carbonyl (C=O) groups excluding carboxylic acids is 1. The van der Waals surface area contributed by atoms with Crippen molar-refractivity contribution in [3.05, 3.63) is 0 Å². The molecule has 7 heteroatoms. The molecule has 1 atom stereocenters. The molecular formula is C9H20O6P+. The van der Waals surface area contributed by atoms with E-state index in [0.29, 0.717) is 0 Å². The predicted octanol–water partition coefficient (Wildman–Crippen LogP) is 2.63. The van der Waals surface area contributed by atoms with Crippen LogP contribution in [-0.2, 0) is 18.6 Å². The second-order valence-electron chi connectivity index (χ2n) is 2.60. The van der Waals surface area contributed by atoms with Gasteiger partial charge >= 0.3 is 14.4 Å². The number of hydrogen-bond donors (Lipinski definition) is 1. The molecule has 1 N–H and O–H groups in total. The molecule has 0 spiro atoms. The van der Waals surface area contributed by atoms with Gasteiger partial charge in [0.15, 0.2) is 0 Å². The van der Waals surface area contributed by atoms with E-state index in [1.807, 2.05) is 0 Å². The van der Waals surface area contributed by atoms with Gasteiger partial charge in [0.05, 0.1) is 6.61 Å². The molecule has 0 aliphatic carbocycles. The highest BCUT2D eigenvalue weighted by atomic mass is 31.1. The molecule has 0 bridgehead atoms. The van der Waals surface area contributed by atoms with Crippen molar-refractivity contribution in [2.45, 2.75) is 33.6 Å². The van der Waals surface area contributed by atoms with Gasteiger partial charge < -0.3 is 9.47 Å². The molecule has 6 nitrogen and oxygen atoms in total. The summed E-state index contributed by atoms with van der Waals surface area (Å²) >= 11 is 0. The van der Waals surface area contributed by atoms with Crippen LogP contribution in [0.2, 0.25) is 0 Å². The number of carbonyl (C=O) groups is 1. The van der Waals surface area contributed by atoms with Crippen LogP contribution < -0.4 is 0 Å². The van der Waals surface area contributed by atoms with Gasteiger partial charge in [-0.25, -0.2) is 4.79 Å². The van der Waals surface area contributed by atoms with Crippen LogP contribution in [0.25, 0.3) is 0 Å². The third kappa shape index (κ3) is 19.0. The zero-order chi connectivity index (χ0) is 12.8. The molecule has 0 aliphatic heterocycles. The lowest BCUT2D eigenvalue weighted by atomic mass is 10.4. The van der Waals surface area contributed by atoms with Crippen molar-refractivity contribution < 1.29 is 28.3 Å². The Morgan fingerprint density at radius 3 is 2.06 bits per heavy atom. The van der Waals surface area contributed by atoms with E-state index < -0.39 is 14.4 Å². The van der Waals surface area contributed by atoms with Gasteiger partial charge in [-0.3, -0.25) is 0 Å². The minimum Gasteiger partial charge on any atom is -0.435 e. The first-order valence-corrected chi connectivity index (χ1v) is 6.30. The van der Waals surface area contributed by atoms with Crippen LogP contribution in [0.15, 0.2) is 0 Å². The van der Waals surface area contributed by atoms with Crippen molar-refractivity contribution in [1.29, 1.82) is 0 Å². The fraction of sp³-hybridized carbons (Fsp3) is 0.889. The Balaban J connectivity index is 0. The van der Waals surface area contributed by atoms with Gasteiger partial charge in [-0.1, -0.05) is 26.7 Å². The van der Waals surface area contributed by atoms with Gasteiger partial charge in [0, 0.05) is 4.57 Å². The molecule has 1 unspecified atom stereocenters. The van der Waals surface area contributed by atoms with Gasteiger partial charge in [0.1, 0.15) is 13.2 Å². The van der Waals surface area contributed by atoms with Crippen molar-refractivity contribution in [3.8, 4) is 0 Å². The first-order chi connectivity index (χ1) is 7.58. The lowest BCUT2D eigenvalue weighted by molar-refractivity contribution is 0.0490. The van der Waals surface area contributed by atoms with Gasteiger partial charge in [-0.2, -0.15) is 0 Å². The van der Waals surface area contributed by atoms with Crippen molar-refractivity contribution >= 4 is 14.4 Å². The van der Waals surface area contributed by atoms with Crippen molar-refractivity contribution in [2.75, 3.05) is 19.8 Å². The minimum absolute atomic E-state index is 0.0968. The number of ether oxygens (including phenoxy) is 2. The summed E-state index contributed by atoms with van der Waals surface area (Å²) < 4.78 is 22.9. The maximum atomic E-state index is 10.5. The Hall–Kier alpha value is -0.710. The fourth-order valence-electron chi connectivity index (χ4n) is 0.400. The number of hydrogen-bond acceptors (Lipinski definition) is 5. The molecule has 0 fully saturated rings. The third-order valence-corrected chi connectivity index (χ3v) is 1.67. The quantitative estimate of drug-likeness (QED) is 0.446. The average molecular weight is 255 g/mol. The van der Waals surface area contributed by atoms with E-state index in [4.69, 9.17) is 4.89 Å². The second-order valence-corrected chi connectivity index (χ2v) is 3.34. The molecule has 0 aromatic rings. The van der Waals surface area contributed by atoms with E-state index in [9.17, 15) is 9.36 Å². The first kappa shape index (κ1) is 17.7. The normalized spacial score (nSPS) is 9.88. The largest absolute Gasteiger partial charge is 0.694 e. The summed E-state index contributed by atoms with van der Waals surface area (Å²) in [6.07, 6.45) is 1.83. The summed E-state index contributed by atoms with van der Waals surface area (Å²) in [5.74, 6) is 0. The van der Waals surface area contributed by atoms with Crippen LogP contribution in [0.3, 0.4) is 0 Å². The summed E-state index contributed by atoms with van der Waals surface area (Å²) in [5, 5.41) is 0. The lowest BCUT2D eigenvalue weighted by Gasteiger charge is -2.00. The van der Waals surface area contributed by atoms with Gasteiger partial charge in [0.2, 0.25) is 0 Å². The van der Waals surface area contributed by atoms with Gasteiger partial charge in [-0.05, 0) is 6.92 Å². The molecule has 0 radical (unpaired) electrons. The maximum absolute atomic E-state index is 10.5. The monoisotopic (exact) mass is 255 g/mol. The van der Waals surface area contributed by atoms with E-state index in [0.717, 1.165) is 0 Å². The summed E-state index contributed by atoms with van der Waals surface area (Å²) in [6, 6.07) is 0. The van der Waals surface area contributed by atoms with Crippen molar-refractivity contribution in [1.82, 2.24) is 0 Å².